The number of hydrogen-bond donors (Lipinski definition) is 3. The molecular formula is C19H15F4N3O3. The first-order valence-corrected chi connectivity index (χ1v) is 8.52. The van der Waals surface area contributed by atoms with E-state index in [-0.39, 0.29) is 24.1 Å². The van der Waals surface area contributed by atoms with Gasteiger partial charge in [0, 0.05) is 12.1 Å². The van der Waals surface area contributed by atoms with Crippen LogP contribution in [0.4, 0.5) is 28.9 Å². The van der Waals surface area contributed by atoms with Crippen LogP contribution < -0.4 is 16.0 Å². The molecule has 1 unspecified atom stereocenters. The molecule has 1 heterocycles. The topological polar surface area (TPSA) is 87.3 Å². The maximum absolute atomic E-state index is 13.3. The molecule has 0 spiro atoms. The molecule has 0 saturated heterocycles. The van der Waals surface area contributed by atoms with Crippen LogP contribution in [0.15, 0.2) is 42.5 Å². The van der Waals surface area contributed by atoms with Crippen LogP contribution in [0.5, 0.6) is 0 Å². The number of halogens is 4. The molecule has 2 aromatic carbocycles. The van der Waals surface area contributed by atoms with Crippen LogP contribution in [0.3, 0.4) is 0 Å². The summed E-state index contributed by atoms with van der Waals surface area (Å²) in [6.45, 7) is 0. The lowest BCUT2D eigenvalue weighted by Crippen LogP contribution is -2.41. The zero-order chi connectivity index (χ0) is 21.2. The van der Waals surface area contributed by atoms with Gasteiger partial charge >= 0.3 is 6.18 Å². The van der Waals surface area contributed by atoms with Gasteiger partial charge < -0.3 is 16.0 Å². The number of amides is 3. The summed E-state index contributed by atoms with van der Waals surface area (Å²) in [7, 11) is 0. The van der Waals surface area contributed by atoms with Gasteiger partial charge in [-0.2, -0.15) is 13.2 Å². The Bertz CT molecular complexity index is 975. The van der Waals surface area contributed by atoms with Gasteiger partial charge in [-0.25, -0.2) is 4.39 Å². The van der Waals surface area contributed by atoms with Crippen molar-refractivity contribution < 1.29 is 31.9 Å². The summed E-state index contributed by atoms with van der Waals surface area (Å²) < 4.78 is 51.6. The van der Waals surface area contributed by atoms with E-state index in [1.165, 1.54) is 6.07 Å². The molecule has 3 amide bonds. The van der Waals surface area contributed by atoms with Crippen molar-refractivity contribution in [2.24, 2.45) is 0 Å². The van der Waals surface area contributed by atoms with Crippen molar-refractivity contribution in [1.29, 1.82) is 0 Å². The van der Waals surface area contributed by atoms with E-state index in [0.29, 0.717) is 17.8 Å². The third-order valence-corrected chi connectivity index (χ3v) is 4.27. The summed E-state index contributed by atoms with van der Waals surface area (Å²) in [6, 6.07) is 7.48. The third kappa shape index (κ3) is 4.71. The first-order valence-electron chi connectivity index (χ1n) is 8.52. The molecule has 1 aliphatic heterocycles. The predicted octanol–water partition coefficient (Wildman–Crippen LogP) is 3.31. The molecule has 3 rings (SSSR count). The number of hydrogen-bond acceptors (Lipinski definition) is 3. The Kier molecular flexibility index (Phi) is 5.53. The molecule has 6 nitrogen and oxygen atoms in total. The molecule has 3 N–H and O–H groups in total. The van der Waals surface area contributed by atoms with Crippen molar-refractivity contribution in [1.82, 2.24) is 5.32 Å². The molecular weight excluding hydrogens is 394 g/mol. The lowest BCUT2D eigenvalue weighted by molar-refractivity contribution is -0.140. The monoisotopic (exact) mass is 409 g/mol. The zero-order valence-electron chi connectivity index (χ0n) is 14.8. The smallest absolute Gasteiger partial charge is 0.340 e. The number of carbonyl (C=O) groups excluding carboxylic acids is 3. The molecule has 29 heavy (non-hydrogen) atoms. The minimum atomic E-state index is -4.90. The molecule has 0 fully saturated rings. The van der Waals surface area contributed by atoms with Crippen LogP contribution in [-0.2, 0) is 15.8 Å². The molecule has 2 aromatic rings. The zero-order valence-corrected chi connectivity index (χ0v) is 14.8. The molecule has 0 saturated carbocycles. The molecule has 1 atom stereocenters. The summed E-state index contributed by atoms with van der Waals surface area (Å²) in [5, 5.41) is 7.33. The van der Waals surface area contributed by atoms with E-state index >= 15 is 0 Å². The van der Waals surface area contributed by atoms with E-state index in [2.05, 4.69) is 16.0 Å². The lowest BCUT2D eigenvalue weighted by Gasteiger charge is -2.15. The highest BCUT2D eigenvalue weighted by atomic mass is 19.4. The molecule has 0 aliphatic carbocycles. The van der Waals surface area contributed by atoms with E-state index in [1.807, 2.05) is 0 Å². The Labute approximate surface area is 162 Å². The van der Waals surface area contributed by atoms with Crippen LogP contribution in [0, 0.1) is 5.82 Å². The summed E-state index contributed by atoms with van der Waals surface area (Å²) in [5.41, 5.74) is -1.11. The maximum atomic E-state index is 13.3. The fraction of sp³-hybridized carbons (Fsp3) is 0.211. The van der Waals surface area contributed by atoms with Gasteiger partial charge in [0.05, 0.1) is 16.8 Å². The van der Waals surface area contributed by atoms with Crippen LogP contribution >= 0.6 is 0 Å². The van der Waals surface area contributed by atoms with Crippen molar-refractivity contribution in [3.05, 3.63) is 59.4 Å². The van der Waals surface area contributed by atoms with Gasteiger partial charge in [0.2, 0.25) is 11.8 Å². The largest absolute Gasteiger partial charge is 0.419 e. The van der Waals surface area contributed by atoms with Gasteiger partial charge in [-0.05, 0) is 36.8 Å². The van der Waals surface area contributed by atoms with Gasteiger partial charge in [-0.3, -0.25) is 14.4 Å². The number of nitrogens with one attached hydrogen (secondary N) is 3. The number of carbonyl (C=O) groups is 3. The van der Waals surface area contributed by atoms with E-state index in [4.69, 9.17) is 0 Å². The molecule has 152 valence electrons. The van der Waals surface area contributed by atoms with E-state index in [9.17, 15) is 31.9 Å². The van der Waals surface area contributed by atoms with Crippen LogP contribution in [0.2, 0.25) is 0 Å². The van der Waals surface area contributed by atoms with E-state index < -0.39 is 41.3 Å². The summed E-state index contributed by atoms with van der Waals surface area (Å²) in [5.74, 6) is -3.14. The highest BCUT2D eigenvalue weighted by Crippen LogP contribution is 2.33. The first kappa shape index (κ1) is 20.3. The van der Waals surface area contributed by atoms with E-state index in [0.717, 1.165) is 6.07 Å². The van der Waals surface area contributed by atoms with Crippen LogP contribution in [0.25, 0.3) is 0 Å². The number of alkyl halides is 3. The Morgan fingerprint density at radius 2 is 1.83 bits per heavy atom. The molecule has 0 bridgehead atoms. The van der Waals surface area contributed by atoms with E-state index in [1.54, 1.807) is 18.2 Å². The first-order chi connectivity index (χ1) is 13.6. The fourth-order valence-electron chi connectivity index (χ4n) is 2.83. The van der Waals surface area contributed by atoms with Gasteiger partial charge in [0.25, 0.3) is 5.91 Å². The standard InChI is InChI=1S/C19H15F4N3O3/c20-13-6-5-10(9-12(13)19(21,22)23)24-16(27)8-7-15-18(29)25-14-4-2-1-3-11(14)17(28)26-15/h1-6,9,15H,7-8H2,(H,24,27)(H,25,29)(H,26,28). The molecule has 1 aliphatic rings. The van der Waals surface area contributed by atoms with Crippen molar-refractivity contribution in [3.8, 4) is 0 Å². The van der Waals surface area contributed by atoms with Gasteiger partial charge in [-0.15, -0.1) is 0 Å². The maximum Gasteiger partial charge on any atom is 0.419 e. The van der Waals surface area contributed by atoms with Gasteiger partial charge in [0.15, 0.2) is 0 Å². The highest BCUT2D eigenvalue weighted by Gasteiger charge is 2.34. The minimum absolute atomic E-state index is 0.0787. The van der Waals surface area contributed by atoms with Crippen molar-refractivity contribution in [3.63, 3.8) is 0 Å². The average molecular weight is 409 g/mol. The van der Waals surface area contributed by atoms with Crippen LogP contribution in [-0.4, -0.2) is 23.8 Å². The Hall–Kier alpha value is -3.43. The number of benzene rings is 2. The minimum Gasteiger partial charge on any atom is -0.340 e. The summed E-state index contributed by atoms with van der Waals surface area (Å²) >= 11 is 0. The quantitative estimate of drug-likeness (QED) is 0.677. The lowest BCUT2D eigenvalue weighted by atomic mass is 10.1. The third-order valence-electron chi connectivity index (χ3n) is 4.27. The van der Waals surface area contributed by atoms with Gasteiger partial charge in [-0.1, -0.05) is 12.1 Å². The fourth-order valence-corrected chi connectivity index (χ4v) is 2.83. The van der Waals surface area contributed by atoms with Crippen molar-refractivity contribution in [2.75, 3.05) is 10.6 Å². The molecule has 0 aromatic heterocycles. The predicted molar refractivity (Wildman–Crippen MR) is 95.6 cm³/mol. The van der Waals surface area contributed by atoms with Crippen LogP contribution in [0.1, 0.15) is 28.8 Å². The van der Waals surface area contributed by atoms with Crippen molar-refractivity contribution in [2.45, 2.75) is 25.1 Å². The second-order valence-electron chi connectivity index (χ2n) is 6.34. The Balaban J connectivity index is 1.63. The number of para-hydroxylation sites is 1. The Morgan fingerprint density at radius 3 is 2.55 bits per heavy atom. The van der Waals surface area contributed by atoms with Gasteiger partial charge in [0.1, 0.15) is 11.9 Å². The second-order valence-corrected chi connectivity index (χ2v) is 6.34. The number of anilines is 2. The number of rotatable bonds is 4. The van der Waals surface area contributed by atoms with Crippen molar-refractivity contribution >= 4 is 29.1 Å². The highest BCUT2D eigenvalue weighted by molar-refractivity contribution is 6.09. The summed E-state index contributed by atoms with van der Waals surface area (Å²) in [4.78, 5) is 36.5. The summed E-state index contributed by atoms with van der Waals surface area (Å²) in [6.07, 6.45) is -5.24. The molecule has 10 heteroatoms. The SMILES string of the molecule is O=C(CCC1NC(=O)c2ccccc2NC1=O)Nc1ccc(F)c(C(F)(F)F)c1. The Morgan fingerprint density at radius 1 is 1.10 bits per heavy atom. The second kappa shape index (κ2) is 7.90. The number of fused-ring (bicyclic) bond motifs is 1. The normalized spacial score (nSPS) is 16.3. The molecule has 0 radical (unpaired) electrons. The average Bonchev–Trinajstić information content (AvgIpc) is 2.77.